The molecule has 1 N–H and O–H groups in total. The summed E-state index contributed by atoms with van der Waals surface area (Å²) in [6.45, 7) is -1.32. The third kappa shape index (κ3) is 6.09. The van der Waals surface area contributed by atoms with E-state index >= 15 is 0 Å². The SMILES string of the molecule is O=C(CS[C@@H](c1ccccc1)c1ccc(Cl)cc1)NCC(F)(F)F. The maximum atomic E-state index is 12.1. The van der Waals surface area contributed by atoms with Crippen molar-refractivity contribution in [1.29, 1.82) is 0 Å². The minimum atomic E-state index is -4.41. The van der Waals surface area contributed by atoms with Crippen molar-refractivity contribution >= 4 is 29.3 Å². The van der Waals surface area contributed by atoms with Gasteiger partial charge in [-0.15, -0.1) is 11.8 Å². The first-order valence-corrected chi connectivity index (χ1v) is 8.53. The van der Waals surface area contributed by atoms with E-state index in [2.05, 4.69) is 0 Å². The van der Waals surface area contributed by atoms with Gasteiger partial charge in [0.1, 0.15) is 6.54 Å². The summed E-state index contributed by atoms with van der Waals surface area (Å²) < 4.78 is 36.4. The fourth-order valence-electron chi connectivity index (χ4n) is 2.06. The first-order valence-electron chi connectivity index (χ1n) is 7.10. The Bertz CT molecular complexity index is 662. The topological polar surface area (TPSA) is 29.1 Å². The van der Waals surface area contributed by atoms with Crippen LogP contribution >= 0.6 is 23.4 Å². The zero-order chi connectivity index (χ0) is 17.6. The molecule has 1 atom stereocenters. The summed E-state index contributed by atoms with van der Waals surface area (Å²) in [4.78, 5) is 11.7. The molecule has 2 aromatic rings. The number of alkyl halides is 3. The van der Waals surface area contributed by atoms with Crippen LogP contribution in [-0.2, 0) is 4.79 Å². The molecule has 0 spiro atoms. The Kier molecular flexibility index (Phi) is 6.57. The molecule has 1 amide bonds. The Morgan fingerprint density at radius 3 is 2.21 bits per heavy atom. The van der Waals surface area contributed by atoms with Crippen LogP contribution in [0.4, 0.5) is 13.2 Å². The standard InChI is InChI=1S/C17H15ClF3NOS/c18-14-8-6-13(7-9-14)16(12-4-2-1-3-5-12)24-10-15(23)22-11-17(19,20)21/h1-9,16H,10-11H2,(H,22,23)/t16-/m0/s1. The Morgan fingerprint density at radius 2 is 1.62 bits per heavy atom. The summed E-state index contributed by atoms with van der Waals surface area (Å²) >= 11 is 7.17. The van der Waals surface area contributed by atoms with Crippen molar-refractivity contribution in [3.63, 3.8) is 0 Å². The third-order valence-corrected chi connectivity index (χ3v) is 4.70. The number of nitrogens with one attached hydrogen (secondary N) is 1. The molecule has 7 heteroatoms. The number of hydrogen-bond donors (Lipinski definition) is 1. The molecular weight excluding hydrogens is 359 g/mol. The second-order valence-corrected chi connectivity index (χ2v) is 6.58. The predicted molar refractivity (Wildman–Crippen MR) is 91.3 cm³/mol. The molecule has 2 rings (SSSR count). The van der Waals surface area contributed by atoms with Gasteiger partial charge >= 0.3 is 6.18 Å². The zero-order valence-corrected chi connectivity index (χ0v) is 14.1. The summed E-state index contributed by atoms with van der Waals surface area (Å²) in [5.74, 6) is -0.717. The van der Waals surface area contributed by atoms with Crippen molar-refractivity contribution in [2.75, 3.05) is 12.3 Å². The second kappa shape index (κ2) is 8.44. The molecule has 0 saturated heterocycles. The van der Waals surface area contributed by atoms with E-state index in [9.17, 15) is 18.0 Å². The highest BCUT2D eigenvalue weighted by Crippen LogP contribution is 2.35. The fourth-order valence-corrected chi connectivity index (χ4v) is 3.30. The van der Waals surface area contributed by atoms with E-state index in [0.29, 0.717) is 5.02 Å². The quantitative estimate of drug-likeness (QED) is 0.785. The first-order chi connectivity index (χ1) is 11.3. The zero-order valence-electron chi connectivity index (χ0n) is 12.5. The van der Waals surface area contributed by atoms with Gasteiger partial charge in [0, 0.05) is 5.02 Å². The molecule has 0 saturated carbocycles. The summed E-state index contributed by atoms with van der Waals surface area (Å²) in [5.41, 5.74) is 1.90. The van der Waals surface area contributed by atoms with Crippen molar-refractivity contribution in [3.8, 4) is 0 Å². The molecule has 0 fully saturated rings. The van der Waals surface area contributed by atoms with Gasteiger partial charge < -0.3 is 5.32 Å². The second-order valence-electron chi connectivity index (χ2n) is 5.05. The van der Waals surface area contributed by atoms with Crippen LogP contribution < -0.4 is 5.32 Å². The van der Waals surface area contributed by atoms with Crippen LogP contribution in [0.15, 0.2) is 54.6 Å². The van der Waals surface area contributed by atoms with E-state index in [1.54, 1.807) is 12.1 Å². The molecule has 0 bridgehead atoms. The van der Waals surface area contributed by atoms with Crippen LogP contribution in [0.5, 0.6) is 0 Å². The lowest BCUT2D eigenvalue weighted by Gasteiger charge is -2.18. The average molecular weight is 374 g/mol. The monoisotopic (exact) mass is 373 g/mol. The number of thioether (sulfide) groups is 1. The van der Waals surface area contributed by atoms with Gasteiger partial charge in [-0.3, -0.25) is 4.79 Å². The summed E-state index contributed by atoms with van der Waals surface area (Å²) in [7, 11) is 0. The Labute approximate surface area is 147 Å². The molecule has 24 heavy (non-hydrogen) atoms. The lowest BCUT2D eigenvalue weighted by molar-refractivity contribution is -0.136. The molecule has 2 nitrogen and oxygen atoms in total. The van der Waals surface area contributed by atoms with Gasteiger partial charge in [0.15, 0.2) is 0 Å². The smallest absolute Gasteiger partial charge is 0.346 e. The molecule has 0 aliphatic rings. The van der Waals surface area contributed by atoms with E-state index < -0.39 is 18.6 Å². The van der Waals surface area contributed by atoms with Gasteiger partial charge in [-0.25, -0.2) is 0 Å². The lowest BCUT2D eigenvalue weighted by Crippen LogP contribution is -2.34. The van der Waals surface area contributed by atoms with Crippen LogP contribution in [0, 0.1) is 0 Å². The maximum Gasteiger partial charge on any atom is 0.405 e. The number of benzene rings is 2. The number of hydrogen-bond acceptors (Lipinski definition) is 2. The normalized spacial score (nSPS) is 12.7. The minimum Gasteiger partial charge on any atom is -0.346 e. The summed E-state index contributed by atoms with van der Waals surface area (Å²) in [5, 5.41) is 2.31. The molecule has 0 radical (unpaired) electrons. The average Bonchev–Trinajstić information content (AvgIpc) is 2.55. The molecule has 0 aliphatic carbocycles. The fraction of sp³-hybridized carbons (Fsp3) is 0.235. The van der Waals surface area contributed by atoms with E-state index in [1.807, 2.05) is 47.8 Å². The summed E-state index contributed by atoms with van der Waals surface area (Å²) in [6.07, 6.45) is -4.41. The van der Waals surface area contributed by atoms with E-state index in [0.717, 1.165) is 11.1 Å². The largest absolute Gasteiger partial charge is 0.405 e. The lowest BCUT2D eigenvalue weighted by atomic mass is 10.0. The van der Waals surface area contributed by atoms with Gasteiger partial charge in [0.2, 0.25) is 5.91 Å². The molecule has 0 aromatic heterocycles. The Balaban J connectivity index is 2.07. The highest BCUT2D eigenvalue weighted by molar-refractivity contribution is 8.00. The van der Waals surface area contributed by atoms with Crippen molar-refractivity contribution in [3.05, 3.63) is 70.7 Å². The van der Waals surface area contributed by atoms with Crippen molar-refractivity contribution in [2.24, 2.45) is 0 Å². The Morgan fingerprint density at radius 1 is 1.04 bits per heavy atom. The third-order valence-electron chi connectivity index (χ3n) is 3.14. The highest BCUT2D eigenvalue weighted by Gasteiger charge is 2.27. The Hall–Kier alpha value is -1.66. The van der Waals surface area contributed by atoms with Crippen LogP contribution in [0.3, 0.4) is 0 Å². The van der Waals surface area contributed by atoms with Crippen molar-refractivity contribution < 1.29 is 18.0 Å². The van der Waals surface area contributed by atoms with Gasteiger partial charge in [-0.2, -0.15) is 13.2 Å². The molecule has 0 unspecified atom stereocenters. The number of carbonyl (C=O) groups excluding carboxylic acids is 1. The van der Waals surface area contributed by atoms with E-state index in [1.165, 1.54) is 11.8 Å². The number of halogens is 4. The maximum absolute atomic E-state index is 12.1. The highest BCUT2D eigenvalue weighted by atomic mass is 35.5. The molecule has 128 valence electrons. The number of carbonyl (C=O) groups is 1. The van der Waals surface area contributed by atoms with Gasteiger partial charge in [0.05, 0.1) is 11.0 Å². The molecule has 0 heterocycles. The van der Waals surface area contributed by atoms with Crippen LogP contribution in [0.25, 0.3) is 0 Å². The van der Waals surface area contributed by atoms with Crippen LogP contribution in [0.1, 0.15) is 16.4 Å². The van der Waals surface area contributed by atoms with Crippen molar-refractivity contribution in [1.82, 2.24) is 5.32 Å². The van der Waals surface area contributed by atoms with Gasteiger partial charge in [-0.1, -0.05) is 54.1 Å². The minimum absolute atomic E-state index is 0.0712. The first kappa shape index (κ1) is 18.7. The molecular formula is C17H15ClF3NOS. The number of rotatable bonds is 6. The predicted octanol–water partition coefficient (Wildman–Crippen LogP) is 4.84. The van der Waals surface area contributed by atoms with E-state index in [4.69, 9.17) is 11.6 Å². The molecule has 2 aromatic carbocycles. The van der Waals surface area contributed by atoms with Crippen LogP contribution in [0.2, 0.25) is 5.02 Å². The van der Waals surface area contributed by atoms with Gasteiger partial charge in [0.25, 0.3) is 0 Å². The van der Waals surface area contributed by atoms with Crippen molar-refractivity contribution in [2.45, 2.75) is 11.4 Å². The van der Waals surface area contributed by atoms with Crippen LogP contribution in [-0.4, -0.2) is 24.4 Å². The molecule has 0 aliphatic heterocycles. The van der Waals surface area contributed by atoms with Gasteiger partial charge in [-0.05, 0) is 23.3 Å². The summed E-state index contributed by atoms with van der Waals surface area (Å²) in [6, 6.07) is 16.7. The number of amides is 1. The van der Waals surface area contributed by atoms with E-state index in [-0.39, 0.29) is 11.0 Å².